The molecule has 3 N–H and O–H groups in total. The summed E-state index contributed by atoms with van der Waals surface area (Å²) in [6.07, 6.45) is 0. The Morgan fingerprint density at radius 1 is 1.15 bits per heavy atom. The van der Waals surface area contributed by atoms with Gasteiger partial charge in [-0.2, -0.15) is 0 Å². The van der Waals surface area contributed by atoms with E-state index in [4.69, 9.17) is 4.42 Å². The number of amides is 4. The van der Waals surface area contributed by atoms with Crippen molar-refractivity contribution in [2.45, 2.75) is 12.5 Å². The molecule has 0 aliphatic carbocycles. The second-order valence-corrected chi connectivity index (χ2v) is 7.19. The van der Waals surface area contributed by atoms with Crippen molar-refractivity contribution in [2.24, 2.45) is 0 Å². The molecular formula is C19H14BrN3O4. The number of hydrogen-bond donors (Lipinski definition) is 3. The van der Waals surface area contributed by atoms with Crippen molar-refractivity contribution >= 4 is 50.4 Å². The number of halogens is 1. The summed E-state index contributed by atoms with van der Waals surface area (Å²) in [7, 11) is 0. The number of benzene rings is 2. The van der Waals surface area contributed by atoms with E-state index in [-0.39, 0.29) is 5.76 Å². The number of nitrogens with one attached hydrogen (secondary N) is 3. The molecule has 1 unspecified atom stereocenters. The van der Waals surface area contributed by atoms with E-state index in [0.717, 1.165) is 9.86 Å². The van der Waals surface area contributed by atoms with E-state index in [0.29, 0.717) is 16.8 Å². The first-order valence-corrected chi connectivity index (χ1v) is 8.90. The van der Waals surface area contributed by atoms with Crippen molar-refractivity contribution in [2.75, 3.05) is 5.32 Å². The number of hydrogen-bond acceptors (Lipinski definition) is 4. The van der Waals surface area contributed by atoms with Crippen LogP contribution >= 0.6 is 15.9 Å². The number of rotatable bonds is 3. The standard InChI is InChI=1S/C19H14BrN3O4/c1-19(17(25)22-18(26)23-19)11-5-3-6-12(9-11)21-16(24)14-8-10-4-2-7-13(20)15(10)27-14/h2-9H,1H3,(H,21,24)(H2,22,23,25,26). The van der Waals surface area contributed by atoms with Gasteiger partial charge in [0, 0.05) is 11.1 Å². The highest BCUT2D eigenvalue weighted by atomic mass is 79.9. The SMILES string of the molecule is CC1(c2cccc(NC(=O)c3cc4cccc(Br)c4o3)c2)NC(=O)NC1=O. The molecule has 0 spiro atoms. The van der Waals surface area contributed by atoms with Crippen LogP contribution in [0.4, 0.5) is 10.5 Å². The predicted octanol–water partition coefficient (Wildman–Crippen LogP) is 3.50. The highest BCUT2D eigenvalue weighted by molar-refractivity contribution is 9.10. The zero-order chi connectivity index (χ0) is 19.2. The molecule has 4 amide bonds. The molecular weight excluding hydrogens is 414 g/mol. The van der Waals surface area contributed by atoms with E-state index in [1.807, 2.05) is 18.2 Å². The minimum Gasteiger partial charge on any atom is -0.450 e. The van der Waals surface area contributed by atoms with Crippen LogP contribution in [0, 0.1) is 0 Å². The van der Waals surface area contributed by atoms with E-state index in [1.54, 1.807) is 37.3 Å². The minimum absolute atomic E-state index is 0.167. The molecule has 1 fully saturated rings. The molecule has 0 saturated carbocycles. The lowest BCUT2D eigenvalue weighted by atomic mass is 9.92. The predicted molar refractivity (Wildman–Crippen MR) is 102 cm³/mol. The van der Waals surface area contributed by atoms with Gasteiger partial charge >= 0.3 is 6.03 Å². The summed E-state index contributed by atoms with van der Waals surface area (Å²) in [4.78, 5) is 36.1. The number of fused-ring (bicyclic) bond motifs is 1. The van der Waals surface area contributed by atoms with E-state index in [1.165, 1.54) is 0 Å². The number of carbonyl (C=O) groups excluding carboxylic acids is 3. The van der Waals surface area contributed by atoms with E-state index >= 15 is 0 Å². The zero-order valence-electron chi connectivity index (χ0n) is 14.1. The number of imide groups is 1. The second kappa shape index (κ2) is 6.24. The Kier molecular flexibility index (Phi) is 4.00. The number of para-hydroxylation sites is 1. The van der Waals surface area contributed by atoms with E-state index in [2.05, 4.69) is 31.9 Å². The van der Waals surface area contributed by atoms with Crippen LogP contribution in [0.3, 0.4) is 0 Å². The summed E-state index contributed by atoms with van der Waals surface area (Å²) in [5.41, 5.74) is 0.430. The highest BCUT2D eigenvalue weighted by Crippen LogP contribution is 2.29. The monoisotopic (exact) mass is 427 g/mol. The van der Waals surface area contributed by atoms with Gasteiger partial charge in [-0.15, -0.1) is 0 Å². The summed E-state index contributed by atoms with van der Waals surface area (Å²) < 4.78 is 6.39. The minimum atomic E-state index is -1.19. The average molecular weight is 428 g/mol. The lowest BCUT2D eigenvalue weighted by Crippen LogP contribution is -2.40. The van der Waals surface area contributed by atoms with Crippen LogP contribution in [-0.2, 0) is 10.3 Å². The van der Waals surface area contributed by atoms with Gasteiger partial charge in [0.25, 0.3) is 11.8 Å². The Morgan fingerprint density at radius 2 is 1.93 bits per heavy atom. The smallest absolute Gasteiger partial charge is 0.322 e. The van der Waals surface area contributed by atoms with Gasteiger partial charge in [-0.05, 0) is 52.7 Å². The van der Waals surface area contributed by atoms with Crippen molar-refractivity contribution < 1.29 is 18.8 Å². The van der Waals surface area contributed by atoms with Gasteiger partial charge in [0.05, 0.1) is 4.47 Å². The summed E-state index contributed by atoms with van der Waals surface area (Å²) in [5.74, 6) is -0.696. The molecule has 1 atom stereocenters. The van der Waals surface area contributed by atoms with Crippen molar-refractivity contribution in [3.8, 4) is 0 Å². The molecule has 2 aromatic carbocycles. The number of carbonyl (C=O) groups is 3. The van der Waals surface area contributed by atoms with Crippen LogP contribution < -0.4 is 16.0 Å². The Balaban J connectivity index is 1.61. The molecule has 4 rings (SSSR count). The van der Waals surface area contributed by atoms with Crippen LogP contribution in [0.15, 0.2) is 57.4 Å². The van der Waals surface area contributed by atoms with Crippen LogP contribution in [-0.4, -0.2) is 17.8 Å². The molecule has 3 aromatic rings. The van der Waals surface area contributed by atoms with E-state index < -0.39 is 23.4 Å². The molecule has 136 valence electrons. The van der Waals surface area contributed by atoms with Gasteiger partial charge in [0.1, 0.15) is 11.1 Å². The van der Waals surface area contributed by atoms with Gasteiger partial charge in [-0.25, -0.2) is 4.79 Å². The highest BCUT2D eigenvalue weighted by Gasteiger charge is 2.43. The Labute approximate surface area is 162 Å². The molecule has 0 bridgehead atoms. The number of anilines is 1. The van der Waals surface area contributed by atoms with Crippen molar-refractivity contribution in [3.63, 3.8) is 0 Å². The second-order valence-electron chi connectivity index (χ2n) is 6.34. The third-order valence-corrected chi connectivity index (χ3v) is 5.09. The van der Waals surface area contributed by atoms with Crippen molar-refractivity contribution in [3.05, 3.63) is 64.3 Å². The molecule has 0 radical (unpaired) electrons. The Morgan fingerprint density at radius 3 is 2.63 bits per heavy atom. The van der Waals surface area contributed by atoms with Gasteiger partial charge in [0.2, 0.25) is 0 Å². The molecule has 1 aliphatic rings. The van der Waals surface area contributed by atoms with Crippen LogP contribution in [0.2, 0.25) is 0 Å². The van der Waals surface area contributed by atoms with Gasteiger partial charge in [0.15, 0.2) is 5.76 Å². The summed E-state index contributed by atoms with van der Waals surface area (Å²) in [6, 6.07) is 13.4. The average Bonchev–Trinajstić information content (AvgIpc) is 3.18. The van der Waals surface area contributed by atoms with Crippen LogP contribution in [0.1, 0.15) is 23.0 Å². The fourth-order valence-corrected chi connectivity index (χ4v) is 3.45. The fraction of sp³-hybridized carbons (Fsp3) is 0.105. The molecule has 1 aliphatic heterocycles. The quantitative estimate of drug-likeness (QED) is 0.556. The normalized spacial score (nSPS) is 19.0. The summed E-state index contributed by atoms with van der Waals surface area (Å²) >= 11 is 3.39. The summed E-state index contributed by atoms with van der Waals surface area (Å²) in [5, 5.41) is 8.37. The number of urea groups is 1. The van der Waals surface area contributed by atoms with Crippen LogP contribution in [0.5, 0.6) is 0 Å². The van der Waals surface area contributed by atoms with E-state index in [9.17, 15) is 14.4 Å². The van der Waals surface area contributed by atoms with Gasteiger partial charge in [-0.1, -0.05) is 24.3 Å². The topological polar surface area (TPSA) is 100 Å². The molecule has 8 heteroatoms. The molecule has 27 heavy (non-hydrogen) atoms. The molecule has 1 saturated heterocycles. The first-order chi connectivity index (χ1) is 12.9. The number of furan rings is 1. The maximum Gasteiger partial charge on any atom is 0.322 e. The molecule has 2 heterocycles. The lowest BCUT2D eigenvalue weighted by molar-refractivity contribution is -0.123. The van der Waals surface area contributed by atoms with Crippen molar-refractivity contribution in [1.29, 1.82) is 0 Å². The Bertz CT molecular complexity index is 1110. The largest absolute Gasteiger partial charge is 0.450 e. The summed E-state index contributed by atoms with van der Waals surface area (Å²) in [6.45, 7) is 1.60. The lowest BCUT2D eigenvalue weighted by Gasteiger charge is -2.21. The maximum absolute atomic E-state index is 12.6. The Hall–Kier alpha value is -3.13. The first kappa shape index (κ1) is 17.3. The first-order valence-electron chi connectivity index (χ1n) is 8.10. The van der Waals surface area contributed by atoms with Crippen molar-refractivity contribution in [1.82, 2.24) is 10.6 Å². The van der Waals surface area contributed by atoms with Crippen LogP contribution in [0.25, 0.3) is 11.0 Å². The maximum atomic E-state index is 12.6. The third-order valence-electron chi connectivity index (χ3n) is 4.46. The third kappa shape index (κ3) is 2.97. The van der Waals surface area contributed by atoms with Gasteiger partial charge < -0.3 is 15.1 Å². The van der Waals surface area contributed by atoms with Gasteiger partial charge in [-0.3, -0.25) is 14.9 Å². The molecule has 7 nitrogen and oxygen atoms in total. The zero-order valence-corrected chi connectivity index (χ0v) is 15.7. The fourth-order valence-electron chi connectivity index (χ4n) is 2.99. The molecule has 1 aromatic heterocycles.